The molecule has 0 saturated carbocycles. The van der Waals surface area contributed by atoms with Crippen LogP contribution in [0.3, 0.4) is 0 Å². The highest BCUT2D eigenvalue weighted by Gasteiger charge is 2.06. The Morgan fingerprint density at radius 2 is 1.43 bits per heavy atom. The molecule has 0 amide bonds. The van der Waals surface area contributed by atoms with E-state index in [1.165, 1.54) is 24.3 Å². The van der Waals surface area contributed by atoms with Crippen molar-refractivity contribution in [2.24, 2.45) is 0 Å². The molecule has 0 aliphatic rings. The van der Waals surface area contributed by atoms with Gasteiger partial charge in [0.1, 0.15) is 5.82 Å². The molecule has 0 spiro atoms. The molecule has 14 heavy (non-hydrogen) atoms. The molecule has 0 heterocycles. The molecule has 8 heteroatoms. The summed E-state index contributed by atoms with van der Waals surface area (Å²) in [5.74, 6) is -0.331. The molecular weight excluding hydrogens is 206 g/mol. The number of nitrogens with zero attached hydrogens (tertiary/aromatic N) is 2. The molecule has 0 atom stereocenters. The van der Waals surface area contributed by atoms with Gasteiger partial charge in [0, 0.05) is 12.1 Å². The predicted octanol–water partition coefficient (Wildman–Crippen LogP) is 0.194. The smallest absolute Gasteiger partial charge is 0.762 e. The van der Waals surface area contributed by atoms with Crippen molar-refractivity contribution in [3.05, 3.63) is 35.1 Å². The summed E-state index contributed by atoms with van der Waals surface area (Å²) in [6, 6.07) is 5.23. The number of diazo groups is 1. The number of hydrogen-bond acceptors (Lipinski definition) is 1. The van der Waals surface area contributed by atoms with Gasteiger partial charge in [-0.2, -0.15) is 0 Å². The molecule has 76 valence electrons. The van der Waals surface area contributed by atoms with E-state index in [9.17, 15) is 17.3 Å². The topological polar surface area (TPSA) is 28.1 Å². The highest BCUT2D eigenvalue weighted by molar-refractivity contribution is 6.33. The third kappa shape index (κ3) is 8.45. The van der Waals surface area contributed by atoms with Crippen LogP contribution in [0.25, 0.3) is 4.98 Å². The van der Waals surface area contributed by atoms with Gasteiger partial charge in [0.25, 0.3) is 0 Å². The summed E-state index contributed by atoms with van der Waals surface area (Å²) in [6.45, 7) is 0. The monoisotopic (exact) mass is 210 g/mol. The van der Waals surface area contributed by atoms with Crippen molar-refractivity contribution in [2.45, 2.75) is 0 Å². The first kappa shape index (κ1) is 14.9. The zero-order valence-electron chi connectivity index (χ0n) is 6.67. The van der Waals surface area contributed by atoms with E-state index in [1.807, 2.05) is 0 Å². The van der Waals surface area contributed by atoms with Crippen LogP contribution >= 0.6 is 0 Å². The largest absolute Gasteiger partial charge is 1.00 e. The van der Waals surface area contributed by atoms with E-state index in [0.717, 1.165) is 0 Å². The third-order valence-electron chi connectivity index (χ3n) is 0.942. The average Bonchev–Trinajstić information content (AvgIpc) is 2.05. The van der Waals surface area contributed by atoms with Crippen molar-refractivity contribution < 1.29 is 22.0 Å². The molecule has 0 aliphatic carbocycles. The minimum atomic E-state index is -3.67. The summed E-state index contributed by atoms with van der Waals surface area (Å²) in [5.41, 5.74) is 0.358. The lowest BCUT2D eigenvalue weighted by Gasteiger charge is -1.77. The van der Waals surface area contributed by atoms with Crippen molar-refractivity contribution in [3.8, 4) is 0 Å². The fourth-order valence-electron chi connectivity index (χ4n) is 0.508. The van der Waals surface area contributed by atoms with Gasteiger partial charge in [-0.25, -0.2) is 4.39 Å². The third-order valence-corrected chi connectivity index (χ3v) is 0.942. The highest BCUT2D eigenvalue weighted by Crippen LogP contribution is 2.10. The molecule has 1 aromatic rings. The van der Waals surface area contributed by atoms with Gasteiger partial charge in [0.05, 0.1) is 0 Å². The number of halogens is 5. The average molecular weight is 210 g/mol. The normalized spacial score (nSPS) is 7.36. The molecule has 1 aromatic carbocycles. The molecule has 1 rings (SSSR count). The van der Waals surface area contributed by atoms with Crippen molar-refractivity contribution >= 4 is 13.2 Å². The van der Waals surface area contributed by atoms with Crippen LogP contribution in [0.4, 0.5) is 23.0 Å². The Kier molecular flexibility index (Phi) is 8.46. The molecule has 0 saturated heterocycles. The summed E-state index contributed by atoms with van der Waals surface area (Å²) >= 11 is 0. The molecule has 2 nitrogen and oxygen atoms in total. The van der Waals surface area contributed by atoms with Crippen LogP contribution in [0, 0.1) is 11.2 Å². The van der Waals surface area contributed by atoms with E-state index in [-0.39, 0.29) is 10.5 Å². The van der Waals surface area contributed by atoms with Crippen LogP contribution < -0.4 is 4.70 Å². The van der Waals surface area contributed by atoms with Gasteiger partial charge in [0.15, 0.2) is 4.98 Å². The molecule has 0 fully saturated rings. The maximum atomic E-state index is 12.1. The van der Waals surface area contributed by atoms with Gasteiger partial charge in [-0.05, 0) is 12.1 Å². The van der Waals surface area contributed by atoms with Gasteiger partial charge in [-0.3, -0.25) is 12.9 Å². The highest BCUT2D eigenvalue weighted by atomic mass is 19.4. The first-order valence-electron chi connectivity index (χ1n) is 3.09. The van der Waals surface area contributed by atoms with E-state index >= 15 is 0 Å². The standard InChI is InChI=1S/C6H4FN2.BF3.FH/c7-5-1-3-6(9-8)4-2-5;2-1(3)4;/h1-4H;;1H/q+1;;/p-1. The second-order valence-electron chi connectivity index (χ2n) is 1.82. The van der Waals surface area contributed by atoms with E-state index in [4.69, 9.17) is 5.39 Å². The van der Waals surface area contributed by atoms with Crippen LogP contribution in [-0.4, -0.2) is 7.54 Å². The number of rotatable bonds is 0. The predicted molar refractivity (Wildman–Crippen MR) is 40.2 cm³/mol. The van der Waals surface area contributed by atoms with Crippen molar-refractivity contribution in [1.82, 2.24) is 0 Å². The van der Waals surface area contributed by atoms with Gasteiger partial charge in [0.2, 0.25) is 5.39 Å². The molecule has 0 unspecified atom stereocenters. The second kappa shape index (κ2) is 7.98. The Balaban J connectivity index is 0. The Morgan fingerprint density at radius 1 is 1.07 bits per heavy atom. The molecule has 0 bridgehead atoms. The maximum Gasteiger partial charge on any atom is 0.762 e. The Labute approximate surface area is 76.8 Å². The van der Waals surface area contributed by atoms with Crippen molar-refractivity contribution in [3.63, 3.8) is 0 Å². The van der Waals surface area contributed by atoms with Crippen LogP contribution in [0.15, 0.2) is 24.3 Å². The van der Waals surface area contributed by atoms with E-state index < -0.39 is 7.54 Å². The summed E-state index contributed by atoms with van der Waals surface area (Å²) < 4.78 is 41.1. The van der Waals surface area contributed by atoms with Crippen molar-refractivity contribution in [1.29, 1.82) is 5.39 Å². The Bertz CT molecular complexity index is 281. The van der Waals surface area contributed by atoms with E-state index in [0.29, 0.717) is 5.69 Å². The molecule has 0 N–H and O–H groups in total. The summed E-state index contributed by atoms with van der Waals surface area (Å²) in [6.07, 6.45) is 0. The summed E-state index contributed by atoms with van der Waals surface area (Å²) in [7, 11) is -3.67. The quantitative estimate of drug-likeness (QED) is 0.341. The minimum Gasteiger partial charge on any atom is -1.00 e. The van der Waals surface area contributed by atoms with Gasteiger partial charge in [-0.1, -0.05) is 0 Å². The molecule has 0 aromatic heterocycles. The first-order chi connectivity index (χ1) is 6.06. The summed E-state index contributed by atoms with van der Waals surface area (Å²) in [5, 5.41) is 8.13. The number of hydrogen-bond donors (Lipinski definition) is 0. The van der Waals surface area contributed by atoms with E-state index in [1.54, 1.807) is 0 Å². The Morgan fingerprint density at radius 3 is 1.71 bits per heavy atom. The lowest BCUT2D eigenvalue weighted by atomic mass is 10.3. The van der Waals surface area contributed by atoms with Gasteiger partial charge in [-0.15, -0.1) is 0 Å². The molecule has 0 aliphatic heterocycles. The minimum absolute atomic E-state index is 0. The zero-order chi connectivity index (χ0) is 10.3. The number of benzene rings is 1. The molecular formula is C6H4BF5N2. The van der Waals surface area contributed by atoms with E-state index in [2.05, 4.69) is 4.98 Å². The molecule has 0 radical (unpaired) electrons. The van der Waals surface area contributed by atoms with Gasteiger partial charge >= 0.3 is 13.2 Å². The van der Waals surface area contributed by atoms with Crippen LogP contribution in [-0.2, 0) is 0 Å². The van der Waals surface area contributed by atoms with Crippen LogP contribution in [0.1, 0.15) is 0 Å². The van der Waals surface area contributed by atoms with Gasteiger partial charge < -0.3 is 4.70 Å². The van der Waals surface area contributed by atoms with Crippen LogP contribution in [0.2, 0.25) is 0 Å². The van der Waals surface area contributed by atoms with Crippen LogP contribution in [0.5, 0.6) is 0 Å². The zero-order valence-corrected chi connectivity index (χ0v) is 6.67. The lowest BCUT2D eigenvalue weighted by molar-refractivity contribution is -0.00000631. The maximum absolute atomic E-state index is 12.1. The van der Waals surface area contributed by atoms with Crippen molar-refractivity contribution in [2.75, 3.05) is 0 Å². The fraction of sp³-hybridized carbons (Fsp3) is 0. The first-order valence-corrected chi connectivity index (χ1v) is 3.09. The fourth-order valence-corrected chi connectivity index (χ4v) is 0.508. The SMILES string of the molecule is FB(F)F.N#[N+]c1ccc(F)cc1.[F-]. The lowest BCUT2D eigenvalue weighted by Crippen LogP contribution is -3.00. The second-order valence-corrected chi connectivity index (χ2v) is 1.82. The Hall–Kier alpha value is -1.65. The summed E-state index contributed by atoms with van der Waals surface area (Å²) in [4.78, 5) is 2.84.